The summed E-state index contributed by atoms with van der Waals surface area (Å²) in [5, 5.41) is 0. The summed E-state index contributed by atoms with van der Waals surface area (Å²) in [6.45, 7) is 7.48. The SMILES string of the molecule is CC/C=C\C/C=C\C/C=C\C/C=C\C/C=C\C/C=C\CCC(=O)OCC(COCCCCCCCCCCCC/C=C\CCCCCCCC)OC(=O)CCCCC/C=C\C/C=C\C/C=C\C/C=C\C/C=C\CC. The van der Waals surface area contributed by atoms with E-state index < -0.39 is 6.10 Å². The van der Waals surface area contributed by atoms with Crippen molar-refractivity contribution in [1.82, 2.24) is 0 Å². The lowest BCUT2D eigenvalue weighted by Crippen LogP contribution is -2.30. The molecule has 74 heavy (non-hydrogen) atoms. The van der Waals surface area contributed by atoms with Crippen LogP contribution in [0.5, 0.6) is 0 Å². The van der Waals surface area contributed by atoms with Gasteiger partial charge in [-0.2, -0.15) is 0 Å². The van der Waals surface area contributed by atoms with Crippen molar-refractivity contribution in [2.24, 2.45) is 0 Å². The molecule has 1 atom stereocenters. The predicted molar refractivity (Wildman–Crippen MR) is 325 cm³/mol. The molecule has 0 bridgehead atoms. The first kappa shape index (κ1) is 69.8. The number of hydrogen-bond donors (Lipinski definition) is 0. The monoisotopic (exact) mass is 1020 g/mol. The molecule has 5 nitrogen and oxygen atoms in total. The van der Waals surface area contributed by atoms with Crippen LogP contribution < -0.4 is 0 Å². The highest BCUT2D eigenvalue weighted by molar-refractivity contribution is 5.70. The molecule has 0 amide bonds. The van der Waals surface area contributed by atoms with Crippen molar-refractivity contribution < 1.29 is 23.8 Å². The lowest BCUT2D eigenvalue weighted by Gasteiger charge is -2.18. The van der Waals surface area contributed by atoms with E-state index in [4.69, 9.17) is 14.2 Å². The van der Waals surface area contributed by atoms with Gasteiger partial charge in [-0.25, -0.2) is 0 Å². The first-order valence-corrected chi connectivity index (χ1v) is 30.4. The Balaban J connectivity index is 4.48. The maximum absolute atomic E-state index is 12.9. The molecule has 0 rings (SSSR count). The van der Waals surface area contributed by atoms with Crippen LogP contribution in [0.15, 0.2) is 146 Å². The maximum atomic E-state index is 12.9. The van der Waals surface area contributed by atoms with Crippen LogP contribution in [0.3, 0.4) is 0 Å². The van der Waals surface area contributed by atoms with Crippen molar-refractivity contribution in [3.63, 3.8) is 0 Å². The zero-order valence-corrected chi connectivity index (χ0v) is 48.1. The molecule has 1 unspecified atom stereocenters. The molecule has 0 spiro atoms. The molecule has 0 aromatic rings. The Morgan fingerprint density at radius 1 is 0.311 bits per heavy atom. The van der Waals surface area contributed by atoms with Gasteiger partial charge in [-0.1, -0.05) is 256 Å². The van der Waals surface area contributed by atoms with Crippen LogP contribution in [0.4, 0.5) is 0 Å². The minimum Gasteiger partial charge on any atom is -0.462 e. The van der Waals surface area contributed by atoms with Gasteiger partial charge in [0.05, 0.1) is 6.61 Å². The van der Waals surface area contributed by atoms with Crippen molar-refractivity contribution in [2.45, 2.75) is 258 Å². The van der Waals surface area contributed by atoms with Crippen molar-refractivity contribution in [2.75, 3.05) is 19.8 Å². The van der Waals surface area contributed by atoms with Crippen LogP contribution in [0.25, 0.3) is 0 Å². The predicted octanol–water partition coefficient (Wildman–Crippen LogP) is 21.2. The Labute approximate surface area is 457 Å². The Morgan fingerprint density at radius 3 is 1.04 bits per heavy atom. The average Bonchev–Trinajstić information content (AvgIpc) is 3.40. The van der Waals surface area contributed by atoms with Crippen LogP contribution in [0.2, 0.25) is 0 Å². The standard InChI is InChI=1S/C69H112O5/c1-4-7-10-13-16-19-22-25-28-31-34-37-40-43-46-49-52-55-58-61-64-72-65-67(74-69(71)63-60-57-54-51-48-45-42-39-36-33-30-27-24-21-18-15-12-9-6-3)66-73-68(70)62-59-56-53-50-47-44-41-38-35-32-29-26-23-20-17-14-11-8-5-2/h8-9,11-12,17-18,20-21,25-30,35-36,38-39,44-45,47-48,53,56,67H,4-7,10,13-16,19,22-24,31-34,37,40-43,46,49-52,54-55,57-66H2,1-3H3/b11-8-,12-9-,20-17-,21-18-,28-25-,29-26-,30-27-,38-35-,39-36-,47-44-,48-45-,56-53-. The number of esters is 2. The van der Waals surface area contributed by atoms with Gasteiger partial charge in [-0.3, -0.25) is 9.59 Å². The van der Waals surface area contributed by atoms with Crippen LogP contribution in [0, 0.1) is 0 Å². The number of rotatable bonds is 54. The van der Waals surface area contributed by atoms with Crippen molar-refractivity contribution >= 4 is 11.9 Å². The summed E-state index contributed by atoms with van der Waals surface area (Å²) in [7, 11) is 0. The second-order valence-electron chi connectivity index (χ2n) is 19.5. The van der Waals surface area contributed by atoms with Crippen LogP contribution in [0.1, 0.15) is 252 Å². The molecule has 0 aliphatic carbocycles. The van der Waals surface area contributed by atoms with Crippen LogP contribution in [-0.4, -0.2) is 37.9 Å². The number of allylic oxidation sites excluding steroid dienone is 24. The fraction of sp³-hybridized carbons (Fsp3) is 0.623. The van der Waals surface area contributed by atoms with Crippen LogP contribution >= 0.6 is 0 Å². The highest BCUT2D eigenvalue weighted by Crippen LogP contribution is 2.14. The van der Waals surface area contributed by atoms with Gasteiger partial charge in [0.15, 0.2) is 6.10 Å². The van der Waals surface area contributed by atoms with Gasteiger partial charge in [0.1, 0.15) is 6.61 Å². The summed E-state index contributed by atoms with van der Waals surface area (Å²) in [4.78, 5) is 25.5. The molecule has 0 N–H and O–H groups in total. The second-order valence-corrected chi connectivity index (χ2v) is 19.5. The molecule has 0 heterocycles. The largest absolute Gasteiger partial charge is 0.462 e. The smallest absolute Gasteiger partial charge is 0.306 e. The highest BCUT2D eigenvalue weighted by Gasteiger charge is 2.17. The molecule has 0 aliphatic rings. The topological polar surface area (TPSA) is 61.8 Å². The van der Waals surface area contributed by atoms with Crippen molar-refractivity contribution in [1.29, 1.82) is 0 Å². The Bertz CT molecular complexity index is 1580. The molecule has 0 radical (unpaired) electrons. The molecule has 0 saturated heterocycles. The van der Waals surface area contributed by atoms with Gasteiger partial charge in [0.25, 0.3) is 0 Å². The van der Waals surface area contributed by atoms with E-state index in [1.54, 1.807) is 0 Å². The van der Waals surface area contributed by atoms with E-state index in [1.165, 1.54) is 103 Å². The van der Waals surface area contributed by atoms with E-state index >= 15 is 0 Å². The summed E-state index contributed by atoms with van der Waals surface area (Å²) >= 11 is 0. The van der Waals surface area contributed by atoms with Gasteiger partial charge in [0, 0.05) is 19.4 Å². The number of carbonyl (C=O) groups is 2. The van der Waals surface area contributed by atoms with Gasteiger partial charge in [-0.15, -0.1) is 0 Å². The average molecular weight is 1020 g/mol. The summed E-state index contributed by atoms with van der Waals surface area (Å²) in [6, 6.07) is 0. The van der Waals surface area contributed by atoms with Gasteiger partial charge >= 0.3 is 11.9 Å². The van der Waals surface area contributed by atoms with Gasteiger partial charge < -0.3 is 14.2 Å². The molecule has 0 fully saturated rings. The molecule has 0 saturated carbocycles. The van der Waals surface area contributed by atoms with Crippen molar-refractivity contribution in [3.05, 3.63) is 146 Å². The fourth-order valence-electron chi connectivity index (χ4n) is 7.91. The van der Waals surface area contributed by atoms with E-state index in [0.717, 1.165) is 109 Å². The fourth-order valence-corrected chi connectivity index (χ4v) is 7.91. The molecule has 0 aromatic carbocycles. The van der Waals surface area contributed by atoms with E-state index in [2.05, 4.69) is 161 Å². The number of carbonyl (C=O) groups excluding carboxylic acids is 2. The van der Waals surface area contributed by atoms with Gasteiger partial charge in [0.2, 0.25) is 0 Å². The molecule has 418 valence electrons. The zero-order valence-electron chi connectivity index (χ0n) is 48.1. The highest BCUT2D eigenvalue weighted by atomic mass is 16.6. The first-order chi connectivity index (χ1) is 36.6. The lowest BCUT2D eigenvalue weighted by molar-refractivity contribution is -0.162. The Hall–Kier alpha value is -4.22. The first-order valence-electron chi connectivity index (χ1n) is 30.4. The zero-order chi connectivity index (χ0) is 53.4. The molecular weight excluding hydrogens is 909 g/mol. The van der Waals surface area contributed by atoms with Gasteiger partial charge in [-0.05, 0) is 128 Å². The number of ether oxygens (including phenoxy) is 3. The summed E-state index contributed by atoms with van der Waals surface area (Å²) in [5.74, 6) is -0.537. The Morgan fingerprint density at radius 2 is 0.635 bits per heavy atom. The summed E-state index contributed by atoms with van der Waals surface area (Å²) in [5.41, 5.74) is 0. The third kappa shape index (κ3) is 60.3. The van der Waals surface area contributed by atoms with E-state index in [-0.39, 0.29) is 25.2 Å². The number of unbranched alkanes of at least 4 members (excludes halogenated alkanes) is 19. The van der Waals surface area contributed by atoms with Crippen LogP contribution in [-0.2, 0) is 23.8 Å². The number of hydrogen-bond acceptors (Lipinski definition) is 5. The van der Waals surface area contributed by atoms with E-state index in [0.29, 0.717) is 25.9 Å². The van der Waals surface area contributed by atoms with E-state index in [1.807, 2.05) is 6.08 Å². The lowest BCUT2D eigenvalue weighted by atomic mass is 10.1. The third-order valence-corrected chi connectivity index (χ3v) is 12.4. The maximum Gasteiger partial charge on any atom is 0.306 e. The molecular formula is C69H112O5. The Kier molecular flexibility index (Phi) is 59.5. The molecule has 0 aromatic heterocycles. The minimum absolute atomic E-state index is 0.0222. The summed E-state index contributed by atoms with van der Waals surface area (Å²) < 4.78 is 17.4. The minimum atomic E-state index is -0.597. The summed E-state index contributed by atoms with van der Waals surface area (Å²) in [6.07, 6.45) is 91.8. The second kappa shape index (κ2) is 63.1. The normalized spacial score (nSPS) is 13.3. The molecule has 5 heteroatoms. The quantitative estimate of drug-likeness (QED) is 0.0345. The van der Waals surface area contributed by atoms with Crippen molar-refractivity contribution in [3.8, 4) is 0 Å². The third-order valence-electron chi connectivity index (χ3n) is 12.4. The molecule has 0 aliphatic heterocycles. The van der Waals surface area contributed by atoms with E-state index in [9.17, 15) is 9.59 Å².